The van der Waals surface area contributed by atoms with Gasteiger partial charge in [0.05, 0.1) is 0 Å². The first-order valence-corrected chi connectivity index (χ1v) is 8.39. The van der Waals surface area contributed by atoms with E-state index >= 15 is 0 Å². The Bertz CT molecular complexity index is 329. The summed E-state index contributed by atoms with van der Waals surface area (Å²) in [7, 11) is 4.43. The smallest absolute Gasteiger partial charge is 0.137 e. The van der Waals surface area contributed by atoms with Crippen LogP contribution < -0.4 is 0 Å². The van der Waals surface area contributed by atoms with Crippen molar-refractivity contribution in [1.29, 1.82) is 0 Å². The molecule has 0 aromatic rings. The summed E-state index contributed by atoms with van der Waals surface area (Å²) in [5.74, 6) is 2.27. The summed E-state index contributed by atoms with van der Waals surface area (Å²) in [5.41, 5.74) is 0. The molecule has 0 bridgehead atoms. The van der Waals surface area contributed by atoms with Crippen molar-refractivity contribution < 1.29 is 4.79 Å². The number of ketones is 1. The van der Waals surface area contributed by atoms with Gasteiger partial charge >= 0.3 is 0 Å². The SMILES string of the molecule is CC(C)C1CCC(=O)C(CN(C)C2CCCN(C)C2)C1. The average Bonchev–Trinajstić information content (AvgIpc) is 2.41. The van der Waals surface area contributed by atoms with Gasteiger partial charge in [0.15, 0.2) is 0 Å². The first-order valence-electron chi connectivity index (χ1n) is 8.39. The minimum Gasteiger partial charge on any atom is -0.305 e. The van der Waals surface area contributed by atoms with Gasteiger partial charge in [-0.2, -0.15) is 0 Å². The molecular weight excluding hydrogens is 248 g/mol. The maximum Gasteiger partial charge on any atom is 0.137 e. The minimum atomic E-state index is 0.286. The molecule has 0 radical (unpaired) electrons. The van der Waals surface area contributed by atoms with Crippen LogP contribution in [0.2, 0.25) is 0 Å². The predicted octanol–water partition coefficient (Wildman–Crippen LogP) is 2.65. The van der Waals surface area contributed by atoms with Crippen molar-refractivity contribution in [3.8, 4) is 0 Å². The summed E-state index contributed by atoms with van der Waals surface area (Å²) in [6.07, 6.45) is 5.62. The summed E-state index contributed by atoms with van der Waals surface area (Å²) in [6, 6.07) is 0.640. The molecule has 2 rings (SSSR count). The highest BCUT2D eigenvalue weighted by Crippen LogP contribution is 2.32. The van der Waals surface area contributed by atoms with Crippen molar-refractivity contribution in [3.05, 3.63) is 0 Å². The molecule has 20 heavy (non-hydrogen) atoms. The lowest BCUT2D eigenvalue weighted by Crippen LogP contribution is -2.47. The summed E-state index contributed by atoms with van der Waals surface area (Å²) in [5, 5.41) is 0. The quantitative estimate of drug-likeness (QED) is 0.791. The van der Waals surface area contributed by atoms with Gasteiger partial charge in [0, 0.05) is 31.5 Å². The van der Waals surface area contributed by atoms with E-state index in [-0.39, 0.29) is 5.92 Å². The second-order valence-electron chi connectivity index (χ2n) is 7.44. The van der Waals surface area contributed by atoms with Gasteiger partial charge in [-0.15, -0.1) is 0 Å². The summed E-state index contributed by atoms with van der Waals surface area (Å²) in [6.45, 7) is 7.96. The lowest BCUT2D eigenvalue weighted by atomic mass is 9.75. The number of piperidine rings is 1. The molecule has 3 atom stereocenters. The first kappa shape index (κ1) is 16.0. The Hall–Kier alpha value is -0.410. The number of rotatable bonds is 4. The molecule has 2 fully saturated rings. The van der Waals surface area contributed by atoms with Crippen LogP contribution in [0.25, 0.3) is 0 Å². The van der Waals surface area contributed by atoms with E-state index in [4.69, 9.17) is 0 Å². The molecular formula is C17H32N2O. The topological polar surface area (TPSA) is 23.6 Å². The van der Waals surface area contributed by atoms with E-state index < -0.39 is 0 Å². The van der Waals surface area contributed by atoms with Gasteiger partial charge in [-0.3, -0.25) is 4.79 Å². The highest BCUT2D eigenvalue weighted by atomic mass is 16.1. The zero-order valence-electron chi connectivity index (χ0n) is 13.8. The third-order valence-corrected chi connectivity index (χ3v) is 5.48. The van der Waals surface area contributed by atoms with Crippen LogP contribution in [-0.2, 0) is 4.79 Å². The van der Waals surface area contributed by atoms with E-state index in [2.05, 4.69) is 37.7 Å². The summed E-state index contributed by atoms with van der Waals surface area (Å²) >= 11 is 0. The molecule has 0 spiro atoms. The number of nitrogens with zero attached hydrogens (tertiary/aromatic N) is 2. The zero-order chi connectivity index (χ0) is 14.7. The molecule has 0 amide bonds. The van der Waals surface area contributed by atoms with Gasteiger partial charge < -0.3 is 9.80 Å². The van der Waals surface area contributed by atoms with Crippen LogP contribution in [0.4, 0.5) is 0 Å². The molecule has 1 aliphatic carbocycles. The largest absolute Gasteiger partial charge is 0.305 e. The van der Waals surface area contributed by atoms with Gasteiger partial charge in [0.1, 0.15) is 5.78 Å². The lowest BCUT2D eigenvalue weighted by Gasteiger charge is -2.39. The molecule has 1 aliphatic heterocycles. The van der Waals surface area contributed by atoms with Crippen molar-refractivity contribution in [2.45, 2.75) is 52.0 Å². The van der Waals surface area contributed by atoms with Crippen molar-refractivity contribution >= 4 is 5.78 Å². The third kappa shape index (κ3) is 4.05. The Kier molecular flexibility index (Phi) is 5.62. The number of Topliss-reactive ketones (excluding diaryl/α,β-unsaturated/α-hetero) is 1. The number of hydrogen-bond acceptors (Lipinski definition) is 3. The van der Waals surface area contributed by atoms with Gasteiger partial charge in [0.25, 0.3) is 0 Å². The van der Waals surface area contributed by atoms with Crippen LogP contribution in [-0.4, -0.2) is 55.4 Å². The highest BCUT2D eigenvalue weighted by molar-refractivity contribution is 5.82. The van der Waals surface area contributed by atoms with Crippen LogP contribution in [0.5, 0.6) is 0 Å². The van der Waals surface area contributed by atoms with Gasteiger partial charge in [0.2, 0.25) is 0 Å². The van der Waals surface area contributed by atoms with Gasteiger partial charge in [-0.25, -0.2) is 0 Å². The fraction of sp³-hybridized carbons (Fsp3) is 0.941. The van der Waals surface area contributed by atoms with Crippen LogP contribution in [0.3, 0.4) is 0 Å². The van der Waals surface area contributed by atoms with Crippen LogP contribution in [0, 0.1) is 17.8 Å². The monoisotopic (exact) mass is 280 g/mol. The van der Waals surface area contributed by atoms with E-state index in [1.54, 1.807) is 0 Å². The van der Waals surface area contributed by atoms with E-state index in [0.29, 0.717) is 11.8 Å². The van der Waals surface area contributed by atoms with Crippen LogP contribution >= 0.6 is 0 Å². The molecule has 0 aromatic heterocycles. The van der Waals surface area contributed by atoms with Crippen molar-refractivity contribution in [3.63, 3.8) is 0 Å². The second-order valence-corrected chi connectivity index (χ2v) is 7.44. The number of likely N-dealkylation sites (N-methyl/N-ethyl adjacent to an activating group) is 2. The molecule has 0 N–H and O–H groups in total. The van der Waals surface area contributed by atoms with E-state index in [1.165, 1.54) is 19.4 Å². The number of likely N-dealkylation sites (tertiary alicyclic amines) is 1. The third-order valence-electron chi connectivity index (χ3n) is 5.48. The first-order chi connectivity index (χ1) is 9.47. The Labute approximate surface area is 124 Å². The lowest BCUT2D eigenvalue weighted by molar-refractivity contribution is -0.126. The molecule has 3 heteroatoms. The van der Waals surface area contributed by atoms with Gasteiger partial charge in [-0.1, -0.05) is 13.8 Å². The van der Waals surface area contributed by atoms with Crippen LogP contribution in [0.1, 0.15) is 46.0 Å². The van der Waals surface area contributed by atoms with Gasteiger partial charge in [-0.05, 0) is 58.2 Å². The second kappa shape index (κ2) is 7.04. The fourth-order valence-corrected chi connectivity index (χ4v) is 3.92. The number of carbonyl (C=O) groups is 1. The van der Waals surface area contributed by atoms with Crippen molar-refractivity contribution in [2.75, 3.05) is 33.7 Å². The number of carbonyl (C=O) groups excluding carboxylic acids is 1. The maximum absolute atomic E-state index is 12.2. The van der Waals surface area contributed by atoms with E-state index in [1.807, 2.05) is 0 Å². The standard InChI is InChI=1S/C17H32N2O/c1-13(2)14-7-8-17(20)15(10-14)11-19(4)16-6-5-9-18(3)12-16/h13-16H,5-12H2,1-4H3. The highest BCUT2D eigenvalue weighted by Gasteiger charge is 2.32. The summed E-state index contributed by atoms with van der Waals surface area (Å²) < 4.78 is 0. The molecule has 116 valence electrons. The average molecular weight is 280 g/mol. The normalized spacial score (nSPS) is 33.1. The molecule has 1 saturated carbocycles. The van der Waals surface area contributed by atoms with E-state index in [0.717, 1.165) is 44.2 Å². The van der Waals surface area contributed by atoms with Crippen LogP contribution in [0.15, 0.2) is 0 Å². The Morgan fingerprint density at radius 2 is 2.10 bits per heavy atom. The Morgan fingerprint density at radius 1 is 1.35 bits per heavy atom. The summed E-state index contributed by atoms with van der Waals surface area (Å²) in [4.78, 5) is 17.1. The fourth-order valence-electron chi connectivity index (χ4n) is 3.92. The molecule has 1 saturated heterocycles. The molecule has 0 aromatic carbocycles. The molecule has 2 aliphatic rings. The van der Waals surface area contributed by atoms with E-state index in [9.17, 15) is 4.79 Å². The minimum absolute atomic E-state index is 0.286. The zero-order valence-corrected chi connectivity index (χ0v) is 13.8. The van der Waals surface area contributed by atoms with Crippen molar-refractivity contribution in [2.24, 2.45) is 17.8 Å². The molecule has 3 unspecified atom stereocenters. The molecule has 1 heterocycles. The Morgan fingerprint density at radius 3 is 2.75 bits per heavy atom. The maximum atomic E-state index is 12.2. The predicted molar refractivity (Wildman–Crippen MR) is 83.8 cm³/mol. The Balaban J connectivity index is 1.88. The molecule has 3 nitrogen and oxygen atoms in total. The van der Waals surface area contributed by atoms with Crippen molar-refractivity contribution in [1.82, 2.24) is 9.80 Å². The number of hydrogen-bond donors (Lipinski definition) is 0.